The second-order valence-corrected chi connectivity index (χ2v) is 2.52. The molecule has 0 aromatic carbocycles. The number of rotatable bonds is 2. The Morgan fingerprint density at radius 2 is 2.30 bits per heavy atom. The predicted octanol–water partition coefficient (Wildman–Crippen LogP) is -0.104. The number of hydrogen-bond donors (Lipinski definition) is 1. The highest BCUT2D eigenvalue weighted by Crippen LogP contribution is 2.06. The van der Waals surface area contributed by atoms with Gasteiger partial charge < -0.3 is 5.32 Å². The van der Waals surface area contributed by atoms with Crippen molar-refractivity contribution < 1.29 is 9.59 Å². The van der Waals surface area contributed by atoms with Crippen molar-refractivity contribution >= 4 is 12.1 Å². The van der Waals surface area contributed by atoms with Crippen LogP contribution in [0, 0.1) is 0 Å². The number of hydrogen-bond acceptors (Lipinski definition) is 3. The minimum atomic E-state index is -0.306. The highest BCUT2D eigenvalue weighted by Gasteiger charge is 2.18. The summed E-state index contributed by atoms with van der Waals surface area (Å²) in [5.74, 6) is -0.306. The van der Waals surface area contributed by atoms with Crippen LogP contribution < -0.4 is 5.32 Å². The maximum absolute atomic E-state index is 10.7. The van der Waals surface area contributed by atoms with Crippen LogP contribution in [-0.4, -0.2) is 24.7 Å². The minimum absolute atomic E-state index is 0.189. The maximum atomic E-state index is 10.7. The molecule has 0 unspecified atom stereocenters. The van der Waals surface area contributed by atoms with E-state index in [0.717, 1.165) is 25.8 Å². The van der Waals surface area contributed by atoms with Gasteiger partial charge in [-0.3, -0.25) is 9.59 Å². The van der Waals surface area contributed by atoms with Crippen molar-refractivity contribution in [1.29, 1.82) is 0 Å². The zero-order valence-corrected chi connectivity index (χ0v) is 5.80. The Balaban J connectivity index is 2.38. The third kappa shape index (κ3) is 1.64. The number of carbonyl (C=O) groups excluding carboxylic acids is 2. The lowest BCUT2D eigenvalue weighted by atomic mass is 10.0. The van der Waals surface area contributed by atoms with E-state index in [4.69, 9.17) is 0 Å². The molecule has 0 aromatic heterocycles. The Morgan fingerprint density at radius 3 is 2.80 bits per heavy atom. The lowest BCUT2D eigenvalue weighted by Gasteiger charge is -2.19. The fourth-order valence-electron chi connectivity index (χ4n) is 1.18. The Bertz CT molecular complexity index is 139. The first-order valence-corrected chi connectivity index (χ1v) is 3.57. The molecule has 0 amide bonds. The summed E-state index contributed by atoms with van der Waals surface area (Å²) >= 11 is 0. The Hall–Kier alpha value is -0.700. The van der Waals surface area contributed by atoms with Gasteiger partial charge in [0.05, 0.1) is 6.04 Å². The van der Waals surface area contributed by atoms with Gasteiger partial charge in [-0.05, 0) is 19.4 Å². The van der Waals surface area contributed by atoms with Crippen LogP contribution in [0.4, 0.5) is 0 Å². The van der Waals surface area contributed by atoms with Crippen LogP contribution in [0.1, 0.15) is 19.3 Å². The van der Waals surface area contributed by atoms with Gasteiger partial charge in [0.25, 0.3) is 0 Å². The molecule has 1 aliphatic rings. The monoisotopic (exact) mass is 141 g/mol. The molecule has 1 atom stereocenters. The van der Waals surface area contributed by atoms with Gasteiger partial charge >= 0.3 is 0 Å². The molecule has 0 aliphatic carbocycles. The van der Waals surface area contributed by atoms with E-state index in [2.05, 4.69) is 5.32 Å². The zero-order valence-electron chi connectivity index (χ0n) is 5.80. The summed E-state index contributed by atoms with van der Waals surface area (Å²) in [7, 11) is 0. The third-order valence-corrected chi connectivity index (χ3v) is 1.77. The molecular weight excluding hydrogens is 130 g/mol. The normalized spacial score (nSPS) is 25.8. The van der Waals surface area contributed by atoms with Crippen molar-refractivity contribution in [2.75, 3.05) is 6.54 Å². The molecule has 0 aromatic rings. The van der Waals surface area contributed by atoms with Gasteiger partial charge in [0.2, 0.25) is 5.78 Å². The van der Waals surface area contributed by atoms with E-state index in [0.29, 0.717) is 6.29 Å². The van der Waals surface area contributed by atoms with Crippen LogP contribution in [0.5, 0.6) is 0 Å². The summed E-state index contributed by atoms with van der Waals surface area (Å²) in [6, 6.07) is -0.189. The van der Waals surface area contributed by atoms with E-state index in [1.807, 2.05) is 0 Å². The number of carbonyl (C=O) groups is 2. The van der Waals surface area contributed by atoms with Gasteiger partial charge in [-0.15, -0.1) is 0 Å². The molecule has 56 valence electrons. The van der Waals surface area contributed by atoms with Crippen LogP contribution in [0.25, 0.3) is 0 Å². The second kappa shape index (κ2) is 3.46. The molecule has 1 saturated heterocycles. The molecule has 0 radical (unpaired) electrons. The number of Topliss-reactive ketones (excluding diaryl/α,β-unsaturated/α-hetero) is 1. The van der Waals surface area contributed by atoms with E-state index in [9.17, 15) is 9.59 Å². The minimum Gasteiger partial charge on any atom is -0.307 e. The Kier molecular flexibility index (Phi) is 2.57. The number of nitrogens with one attached hydrogen (secondary N) is 1. The summed E-state index contributed by atoms with van der Waals surface area (Å²) in [6.07, 6.45) is 3.39. The van der Waals surface area contributed by atoms with E-state index < -0.39 is 0 Å². The van der Waals surface area contributed by atoms with Crippen LogP contribution in [0.3, 0.4) is 0 Å². The standard InChI is InChI=1S/C7H11NO2/c9-5-7(10)6-3-1-2-4-8-6/h5-6,8H,1-4H2/t6-/m0/s1. The van der Waals surface area contributed by atoms with Crippen molar-refractivity contribution in [2.45, 2.75) is 25.3 Å². The van der Waals surface area contributed by atoms with Crippen molar-refractivity contribution in [3.63, 3.8) is 0 Å². The van der Waals surface area contributed by atoms with Gasteiger partial charge in [0.1, 0.15) is 0 Å². The topological polar surface area (TPSA) is 46.2 Å². The summed E-state index contributed by atoms with van der Waals surface area (Å²) < 4.78 is 0. The Morgan fingerprint density at radius 1 is 1.50 bits per heavy atom. The number of ketones is 1. The summed E-state index contributed by atoms with van der Waals surface area (Å²) in [4.78, 5) is 20.8. The Labute approximate surface area is 59.8 Å². The molecule has 1 fully saturated rings. The molecule has 1 aliphatic heterocycles. The molecule has 0 saturated carbocycles. The van der Waals surface area contributed by atoms with Gasteiger partial charge in [-0.25, -0.2) is 0 Å². The average Bonchev–Trinajstić information content (AvgIpc) is 2.05. The molecule has 3 nitrogen and oxygen atoms in total. The molecule has 1 heterocycles. The summed E-state index contributed by atoms with van der Waals surface area (Å²) in [6.45, 7) is 0.865. The van der Waals surface area contributed by atoms with E-state index in [-0.39, 0.29) is 11.8 Å². The molecule has 1 N–H and O–H groups in total. The van der Waals surface area contributed by atoms with Crippen LogP contribution >= 0.6 is 0 Å². The fourth-order valence-corrected chi connectivity index (χ4v) is 1.18. The zero-order chi connectivity index (χ0) is 7.40. The molecule has 0 spiro atoms. The molecular formula is C7H11NO2. The highest BCUT2D eigenvalue weighted by atomic mass is 16.2. The average molecular weight is 141 g/mol. The first kappa shape index (κ1) is 7.41. The van der Waals surface area contributed by atoms with Crippen molar-refractivity contribution in [3.05, 3.63) is 0 Å². The number of piperidine rings is 1. The highest BCUT2D eigenvalue weighted by molar-refractivity contribution is 6.27. The quantitative estimate of drug-likeness (QED) is 0.431. The van der Waals surface area contributed by atoms with Gasteiger partial charge in [-0.1, -0.05) is 6.42 Å². The number of aldehydes is 1. The van der Waals surface area contributed by atoms with Gasteiger partial charge in [0, 0.05) is 0 Å². The molecule has 3 heteroatoms. The van der Waals surface area contributed by atoms with Crippen LogP contribution in [0.2, 0.25) is 0 Å². The van der Waals surface area contributed by atoms with Gasteiger partial charge in [-0.2, -0.15) is 0 Å². The van der Waals surface area contributed by atoms with E-state index >= 15 is 0 Å². The second-order valence-electron chi connectivity index (χ2n) is 2.52. The first-order valence-electron chi connectivity index (χ1n) is 3.57. The molecule has 0 bridgehead atoms. The van der Waals surface area contributed by atoms with E-state index in [1.54, 1.807) is 0 Å². The van der Waals surface area contributed by atoms with Gasteiger partial charge in [0.15, 0.2) is 6.29 Å². The molecule has 1 rings (SSSR count). The third-order valence-electron chi connectivity index (χ3n) is 1.77. The molecule has 10 heavy (non-hydrogen) atoms. The SMILES string of the molecule is O=CC(=O)[C@@H]1CCCCN1. The van der Waals surface area contributed by atoms with E-state index in [1.165, 1.54) is 0 Å². The van der Waals surface area contributed by atoms with Crippen LogP contribution in [0.15, 0.2) is 0 Å². The fraction of sp³-hybridized carbons (Fsp3) is 0.714. The first-order chi connectivity index (χ1) is 4.84. The predicted molar refractivity (Wildman–Crippen MR) is 36.7 cm³/mol. The van der Waals surface area contributed by atoms with Crippen molar-refractivity contribution in [3.8, 4) is 0 Å². The maximum Gasteiger partial charge on any atom is 0.211 e. The van der Waals surface area contributed by atoms with Crippen LogP contribution in [-0.2, 0) is 9.59 Å². The van der Waals surface area contributed by atoms with Crippen molar-refractivity contribution in [2.24, 2.45) is 0 Å². The van der Waals surface area contributed by atoms with Crippen molar-refractivity contribution in [1.82, 2.24) is 5.32 Å². The lowest BCUT2D eigenvalue weighted by molar-refractivity contribution is -0.131. The summed E-state index contributed by atoms with van der Waals surface area (Å²) in [5.41, 5.74) is 0. The smallest absolute Gasteiger partial charge is 0.211 e. The lowest BCUT2D eigenvalue weighted by Crippen LogP contribution is -2.40. The largest absolute Gasteiger partial charge is 0.307 e. The summed E-state index contributed by atoms with van der Waals surface area (Å²) in [5, 5.41) is 2.99.